The van der Waals surface area contributed by atoms with E-state index >= 15 is 0 Å². The zero-order valence-electron chi connectivity index (χ0n) is 15.9. The number of hydrogen-bond acceptors (Lipinski definition) is 11. The van der Waals surface area contributed by atoms with Crippen molar-refractivity contribution in [1.82, 2.24) is 20.4 Å². The van der Waals surface area contributed by atoms with E-state index in [4.69, 9.17) is 4.55 Å². The summed E-state index contributed by atoms with van der Waals surface area (Å²) < 4.78 is 67.7. The fraction of sp³-hybridized carbons (Fsp3) is 0.500. The molecule has 3 rings (SSSR count). The number of carbonyl (C=O) groups excluding carboxylic acids is 2. The second kappa shape index (κ2) is 13.5. The van der Waals surface area contributed by atoms with Gasteiger partial charge in [-0.1, -0.05) is 23.1 Å². The van der Waals surface area contributed by atoms with Crippen LogP contribution in [0.25, 0.3) is 0 Å². The number of amides is 2. The van der Waals surface area contributed by atoms with E-state index in [-0.39, 0.29) is 81.3 Å². The van der Waals surface area contributed by atoms with Crippen molar-refractivity contribution in [2.45, 2.75) is 27.0 Å². The molecule has 0 radical (unpaired) electrons. The molecule has 1 saturated heterocycles. The molecule has 2 aliphatic heterocycles. The Balaban J connectivity index is 0.00000306. The zero-order chi connectivity index (χ0) is 24.6. The predicted octanol–water partition coefficient (Wildman–Crippen LogP) is -0.287. The molecule has 0 bridgehead atoms. The van der Waals surface area contributed by atoms with Crippen LogP contribution >= 0.6 is 46.6 Å². The van der Waals surface area contributed by atoms with E-state index in [9.17, 15) is 41.1 Å². The van der Waals surface area contributed by atoms with Gasteiger partial charge in [0.1, 0.15) is 27.9 Å². The predicted molar refractivity (Wildman–Crippen MR) is 128 cm³/mol. The number of β-lactam (4-membered cyclic amide) rings is 1. The summed E-state index contributed by atoms with van der Waals surface area (Å²) in [6.45, 7) is 0. The van der Waals surface area contributed by atoms with Crippen LogP contribution in [0.1, 0.15) is 5.01 Å². The second-order valence-corrected chi connectivity index (χ2v) is 12.3. The van der Waals surface area contributed by atoms with Gasteiger partial charge in [-0.2, -0.15) is 21.6 Å². The number of nitrogens with one attached hydrogen (secondary N) is 1. The van der Waals surface area contributed by atoms with Gasteiger partial charge in [0, 0.05) is 11.5 Å². The Morgan fingerprint density at radius 2 is 1.91 bits per heavy atom. The van der Waals surface area contributed by atoms with Gasteiger partial charge in [-0.15, -0.1) is 22.0 Å². The molecule has 0 aliphatic carbocycles. The Kier molecular flexibility index (Phi) is 12.9. The summed E-state index contributed by atoms with van der Waals surface area (Å²) in [7, 11) is -4.28. The molecular weight excluding hydrogens is 599 g/mol. The molecule has 1 aromatic rings. The number of thioether (sulfide) groups is 3. The molecule has 0 spiro atoms. The first kappa shape index (κ1) is 33.5. The van der Waals surface area contributed by atoms with Crippen molar-refractivity contribution in [3.8, 4) is 0 Å². The van der Waals surface area contributed by atoms with Crippen molar-refractivity contribution in [1.29, 1.82) is 0 Å². The van der Waals surface area contributed by atoms with Crippen LogP contribution in [0.15, 0.2) is 15.6 Å². The van der Waals surface area contributed by atoms with Crippen molar-refractivity contribution in [2.24, 2.45) is 0 Å². The van der Waals surface area contributed by atoms with E-state index in [1.807, 2.05) is 0 Å². The van der Waals surface area contributed by atoms with Gasteiger partial charge >= 0.3 is 70.6 Å². The molecule has 1 aromatic heterocycles. The van der Waals surface area contributed by atoms with Crippen LogP contribution < -0.4 is 5.32 Å². The number of carboxylic acid groups (broad SMARTS) is 1. The third-order valence-electron chi connectivity index (χ3n) is 4.06. The molecule has 21 heteroatoms. The number of fused-ring (bicyclic) bond motifs is 1. The van der Waals surface area contributed by atoms with Crippen molar-refractivity contribution in [3.63, 3.8) is 0 Å². The zero-order valence-corrected chi connectivity index (χ0v) is 20.0. The molecule has 0 aromatic carbocycles. The van der Waals surface area contributed by atoms with Gasteiger partial charge in [0.05, 0.1) is 5.75 Å². The molecule has 186 valence electrons. The minimum atomic E-state index is -4.60. The number of aromatic nitrogens is 2. The molecule has 1 fully saturated rings. The first-order valence-electron chi connectivity index (χ1n) is 8.55. The van der Waals surface area contributed by atoms with Gasteiger partial charge in [-0.25, -0.2) is 4.79 Å². The molecule has 11 nitrogen and oxygen atoms in total. The first-order chi connectivity index (χ1) is 15.2. The fourth-order valence-corrected chi connectivity index (χ4v) is 7.42. The maximum atomic E-state index is 12.5. The third-order valence-corrected chi connectivity index (χ3v) is 9.09. The summed E-state index contributed by atoms with van der Waals surface area (Å²) in [6, 6.07) is -1.13. The quantitative estimate of drug-likeness (QED) is 0.144. The van der Waals surface area contributed by atoms with Crippen LogP contribution in [0.3, 0.4) is 0 Å². The Morgan fingerprint density at radius 3 is 2.49 bits per heavy atom. The molecule has 3 N–H and O–H groups in total. The second-order valence-electron chi connectivity index (χ2n) is 6.42. The third kappa shape index (κ3) is 9.31. The maximum absolute atomic E-state index is 12.5. The summed E-state index contributed by atoms with van der Waals surface area (Å²) in [5.41, 5.74) is -4.52. The molecule has 35 heavy (non-hydrogen) atoms. The van der Waals surface area contributed by atoms with E-state index in [1.54, 1.807) is 0 Å². The molecule has 1 unspecified atom stereocenters. The number of nitrogens with zero attached hydrogens (tertiary/aromatic N) is 3. The molecular formula is C14H15F3N4Na2O7S5. The average Bonchev–Trinajstić information content (AvgIpc) is 3.12. The minimum absolute atomic E-state index is 0. The number of carboxylic acids is 1. The van der Waals surface area contributed by atoms with Gasteiger partial charge in [0.25, 0.3) is 16.0 Å². The summed E-state index contributed by atoms with van der Waals surface area (Å²) in [5, 5.41) is 18.5. The Morgan fingerprint density at radius 1 is 1.26 bits per heavy atom. The summed E-state index contributed by atoms with van der Waals surface area (Å²) in [6.07, 6.45) is 0. The number of alkyl halides is 3. The van der Waals surface area contributed by atoms with Crippen molar-refractivity contribution in [3.05, 3.63) is 16.3 Å². The van der Waals surface area contributed by atoms with Gasteiger partial charge < -0.3 is 10.4 Å². The number of aliphatic carboxylic acids is 1. The average molecular weight is 615 g/mol. The number of halogens is 3. The van der Waals surface area contributed by atoms with E-state index in [1.165, 1.54) is 0 Å². The van der Waals surface area contributed by atoms with E-state index < -0.39 is 68.1 Å². The molecule has 3 heterocycles. The Labute approximate surface area is 257 Å². The summed E-state index contributed by atoms with van der Waals surface area (Å²) in [4.78, 5) is 37.0. The SMILES string of the molecule is O=C(CSC(F)(F)F)NC1C(=O)N2C(C(=O)O)=C(CSc3nnc(CS(=O)(=O)O)s3)CS[C@H]12.[NaH].[NaH]. The molecule has 2 aliphatic rings. The molecule has 2 atom stereocenters. The van der Waals surface area contributed by atoms with Crippen LogP contribution in [0, 0.1) is 0 Å². The van der Waals surface area contributed by atoms with Crippen LogP contribution in [0.5, 0.6) is 0 Å². The van der Waals surface area contributed by atoms with E-state index in [0.29, 0.717) is 9.91 Å². The van der Waals surface area contributed by atoms with Crippen LogP contribution in [0.4, 0.5) is 13.2 Å². The van der Waals surface area contributed by atoms with Crippen molar-refractivity contribution >= 4 is 134 Å². The van der Waals surface area contributed by atoms with Gasteiger partial charge in [-0.3, -0.25) is 19.0 Å². The topological polar surface area (TPSA) is 167 Å². The Hall–Kier alpha value is 0.460. The van der Waals surface area contributed by atoms with Gasteiger partial charge in [-0.05, 0) is 17.3 Å². The molecule has 0 saturated carbocycles. The summed E-state index contributed by atoms with van der Waals surface area (Å²) >= 11 is 2.57. The van der Waals surface area contributed by atoms with Gasteiger partial charge in [0.15, 0.2) is 4.34 Å². The normalized spacial score (nSPS) is 19.8. The fourth-order valence-electron chi connectivity index (χ4n) is 2.82. The van der Waals surface area contributed by atoms with E-state index in [0.717, 1.165) is 39.8 Å². The Bertz CT molecular complexity index is 1120. The van der Waals surface area contributed by atoms with Crippen LogP contribution in [-0.2, 0) is 30.3 Å². The number of hydrogen-bond donors (Lipinski definition) is 3. The van der Waals surface area contributed by atoms with Crippen LogP contribution in [0.2, 0.25) is 0 Å². The monoisotopic (exact) mass is 614 g/mol. The molecule has 2 amide bonds. The van der Waals surface area contributed by atoms with Crippen molar-refractivity contribution in [2.75, 3.05) is 17.3 Å². The van der Waals surface area contributed by atoms with Crippen LogP contribution in [-0.4, -0.2) is 144 Å². The van der Waals surface area contributed by atoms with Crippen molar-refractivity contribution < 1.29 is 45.6 Å². The number of carbonyl (C=O) groups is 3. The summed E-state index contributed by atoms with van der Waals surface area (Å²) in [5.74, 6) is -4.49. The standard InChI is InChI=1S/C14H13F3N4O7S5.2Na.2H/c15-14(16,17)31-3-6(22)18-8-10(23)21-9(12(24)25)5(1-29-11(8)21)2-30-13-20-19-7(32-13)4-33(26,27)28;;;;/h8,11H,1-4H2,(H,18,22)(H,24,25)(H,26,27,28);;;;/t8?,11-;;;;/m1..../s1. The van der Waals surface area contributed by atoms with E-state index in [2.05, 4.69) is 15.5 Å². The number of rotatable bonds is 9. The first-order valence-corrected chi connectivity index (χ1v) is 14.0. The van der Waals surface area contributed by atoms with Gasteiger partial charge in [0.2, 0.25) is 5.91 Å².